The van der Waals surface area contributed by atoms with Gasteiger partial charge >= 0.3 is 0 Å². The van der Waals surface area contributed by atoms with Crippen LogP contribution in [0.3, 0.4) is 0 Å². The van der Waals surface area contributed by atoms with Crippen molar-refractivity contribution in [2.75, 3.05) is 11.1 Å². The summed E-state index contributed by atoms with van der Waals surface area (Å²) in [4.78, 5) is 4.42. The molecule has 18 heavy (non-hydrogen) atoms. The van der Waals surface area contributed by atoms with Gasteiger partial charge in [0.05, 0.1) is 6.04 Å². The van der Waals surface area contributed by atoms with E-state index in [1.54, 1.807) is 0 Å². The number of hydrogen-bond acceptors (Lipinski definition) is 3. The van der Waals surface area contributed by atoms with Crippen molar-refractivity contribution >= 4 is 38.5 Å². The van der Waals surface area contributed by atoms with E-state index in [0.29, 0.717) is 9.64 Å². The Hall–Kier alpha value is -0.620. The zero-order chi connectivity index (χ0) is 13.1. The summed E-state index contributed by atoms with van der Waals surface area (Å²) in [6.45, 7) is 2.06. The van der Waals surface area contributed by atoms with Crippen molar-refractivity contribution < 1.29 is 8.78 Å². The summed E-state index contributed by atoms with van der Waals surface area (Å²) in [5, 5.41) is 3.34. The highest BCUT2D eigenvalue weighted by Gasteiger charge is 2.17. The molecule has 2 nitrogen and oxygen atoms in total. The van der Waals surface area contributed by atoms with Crippen LogP contribution in [0.4, 0.5) is 14.5 Å². The summed E-state index contributed by atoms with van der Waals surface area (Å²) in [6, 6.07) is 2.71. The minimum absolute atomic E-state index is 0.138. The lowest BCUT2D eigenvalue weighted by molar-refractivity contribution is 0.589. The summed E-state index contributed by atoms with van der Waals surface area (Å²) in [5.74, 6) is -0.322. The fourth-order valence-electron chi connectivity index (χ4n) is 1.69. The predicted octanol–water partition coefficient (Wildman–Crippen LogP) is 4.41. The standard InChI is InChI=1S/C12H13BrF2N2S/c1-2-8-3-4-18-12(16-8)17-11-9(14)5-7(13)6-10(11)15/h5-6,8H,2-4H2,1H3,(H,16,17). The molecule has 0 spiro atoms. The van der Waals surface area contributed by atoms with Crippen LogP contribution in [0.15, 0.2) is 21.6 Å². The number of thioether (sulfide) groups is 1. The first-order valence-electron chi connectivity index (χ1n) is 5.72. The largest absolute Gasteiger partial charge is 0.330 e. The molecular weight excluding hydrogens is 322 g/mol. The first-order chi connectivity index (χ1) is 8.60. The third-order valence-corrected chi connectivity index (χ3v) is 4.08. The molecule has 1 aromatic carbocycles. The molecule has 0 aliphatic carbocycles. The van der Waals surface area contributed by atoms with Gasteiger partial charge in [0.15, 0.2) is 16.8 Å². The number of hydrogen-bond donors (Lipinski definition) is 1. The first-order valence-corrected chi connectivity index (χ1v) is 7.50. The molecular formula is C12H13BrF2N2S. The Labute approximate surface area is 117 Å². The molecule has 1 aliphatic heterocycles. The van der Waals surface area contributed by atoms with E-state index in [1.807, 2.05) is 0 Å². The van der Waals surface area contributed by atoms with Gasteiger partial charge in [-0.25, -0.2) is 8.78 Å². The van der Waals surface area contributed by atoms with E-state index in [1.165, 1.54) is 23.9 Å². The van der Waals surface area contributed by atoms with Gasteiger partial charge in [-0.2, -0.15) is 0 Å². The highest BCUT2D eigenvalue weighted by Crippen LogP contribution is 2.27. The molecule has 0 saturated heterocycles. The highest BCUT2D eigenvalue weighted by molar-refractivity contribution is 9.10. The fourth-order valence-corrected chi connectivity index (χ4v) is 3.07. The Kier molecular flexibility index (Phi) is 4.61. The zero-order valence-corrected chi connectivity index (χ0v) is 12.2. The van der Waals surface area contributed by atoms with E-state index in [9.17, 15) is 8.78 Å². The van der Waals surface area contributed by atoms with Gasteiger partial charge < -0.3 is 5.32 Å². The SMILES string of the molecule is CCC1CCSC(Nc2c(F)cc(Br)cc2F)=N1. The van der Waals surface area contributed by atoms with E-state index >= 15 is 0 Å². The number of rotatable bonds is 2. The summed E-state index contributed by atoms with van der Waals surface area (Å²) in [7, 11) is 0. The molecule has 98 valence electrons. The Balaban J connectivity index is 2.21. The van der Waals surface area contributed by atoms with Crippen LogP contribution in [0, 0.1) is 11.6 Å². The lowest BCUT2D eigenvalue weighted by Gasteiger charge is -2.20. The van der Waals surface area contributed by atoms with Crippen LogP contribution in [0.25, 0.3) is 0 Å². The fraction of sp³-hybridized carbons (Fsp3) is 0.417. The van der Waals surface area contributed by atoms with Gasteiger partial charge in [0.2, 0.25) is 0 Å². The predicted molar refractivity (Wildman–Crippen MR) is 76.3 cm³/mol. The van der Waals surface area contributed by atoms with E-state index in [0.717, 1.165) is 18.6 Å². The molecule has 1 N–H and O–H groups in total. The monoisotopic (exact) mass is 334 g/mol. The smallest absolute Gasteiger partial charge is 0.161 e. The van der Waals surface area contributed by atoms with Crippen molar-refractivity contribution in [3.63, 3.8) is 0 Å². The van der Waals surface area contributed by atoms with Gasteiger partial charge in [0.25, 0.3) is 0 Å². The number of halogens is 3. The van der Waals surface area contributed by atoms with Crippen LogP contribution in [0.2, 0.25) is 0 Å². The maximum atomic E-state index is 13.6. The normalized spacial score (nSPS) is 19.6. The maximum Gasteiger partial charge on any atom is 0.161 e. The Bertz CT molecular complexity index is 456. The van der Waals surface area contributed by atoms with E-state index < -0.39 is 11.6 Å². The molecule has 0 saturated carbocycles. The summed E-state index contributed by atoms with van der Waals surface area (Å²) >= 11 is 4.54. The quantitative estimate of drug-likeness (QED) is 0.866. The first kappa shape index (κ1) is 13.8. The number of benzene rings is 1. The second-order valence-electron chi connectivity index (χ2n) is 4.00. The van der Waals surface area contributed by atoms with Gasteiger partial charge in [-0.15, -0.1) is 0 Å². The third kappa shape index (κ3) is 3.23. The van der Waals surface area contributed by atoms with Crippen molar-refractivity contribution in [2.24, 2.45) is 4.99 Å². The molecule has 1 atom stereocenters. The maximum absolute atomic E-state index is 13.6. The van der Waals surface area contributed by atoms with Crippen molar-refractivity contribution in [1.82, 2.24) is 0 Å². The molecule has 0 aromatic heterocycles. The Morgan fingerprint density at radius 3 is 2.72 bits per heavy atom. The van der Waals surface area contributed by atoms with Crippen LogP contribution < -0.4 is 5.32 Å². The molecule has 6 heteroatoms. The van der Waals surface area contributed by atoms with Crippen molar-refractivity contribution in [2.45, 2.75) is 25.8 Å². The van der Waals surface area contributed by atoms with Crippen LogP contribution in [-0.2, 0) is 0 Å². The molecule has 1 aromatic rings. The molecule has 0 radical (unpaired) electrons. The van der Waals surface area contributed by atoms with Crippen molar-refractivity contribution in [3.05, 3.63) is 28.2 Å². The van der Waals surface area contributed by atoms with Crippen LogP contribution in [0.5, 0.6) is 0 Å². The van der Waals surface area contributed by atoms with Crippen LogP contribution in [-0.4, -0.2) is 17.0 Å². The minimum Gasteiger partial charge on any atom is -0.330 e. The number of aliphatic imine (C=N–C) groups is 1. The van der Waals surface area contributed by atoms with Gasteiger partial charge in [-0.05, 0) is 25.0 Å². The second-order valence-corrected chi connectivity index (χ2v) is 6.00. The molecule has 1 unspecified atom stereocenters. The van der Waals surface area contributed by atoms with E-state index in [-0.39, 0.29) is 11.7 Å². The number of amidine groups is 1. The van der Waals surface area contributed by atoms with Crippen molar-refractivity contribution in [3.8, 4) is 0 Å². The Morgan fingerprint density at radius 1 is 1.44 bits per heavy atom. The molecule has 0 fully saturated rings. The van der Waals surface area contributed by atoms with Crippen LogP contribution >= 0.6 is 27.7 Å². The molecule has 2 rings (SSSR count). The number of nitrogens with zero attached hydrogens (tertiary/aromatic N) is 1. The van der Waals surface area contributed by atoms with Gasteiger partial charge in [-0.1, -0.05) is 34.6 Å². The summed E-state index contributed by atoms with van der Waals surface area (Å²) < 4.78 is 27.7. The third-order valence-electron chi connectivity index (χ3n) is 2.70. The number of nitrogens with one attached hydrogen (secondary N) is 1. The number of anilines is 1. The Morgan fingerprint density at radius 2 is 2.11 bits per heavy atom. The van der Waals surface area contributed by atoms with Gasteiger partial charge in [-0.3, -0.25) is 4.99 Å². The topological polar surface area (TPSA) is 24.4 Å². The summed E-state index contributed by atoms with van der Waals surface area (Å²) in [6.07, 6.45) is 1.95. The van der Waals surface area contributed by atoms with E-state index in [2.05, 4.69) is 33.2 Å². The highest BCUT2D eigenvalue weighted by atomic mass is 79.9. The zero-order valence-electron chi connectivity index (χ0n) is 9.84. The van der Waals surface area contributed by atoms with Crippen LogP contribution in [0.1, 0.15) is 19.8 Å². The van der Waals surface area contributed by atoms with Gasteiger partial charge in [0, 0.05) is 10.2 Å². The van der Waals surface area contributed by atoms with Gasteiger partial charge in [0.1, 0.15) is 5.69 Å². The minimum atomic E-state index is -0.621. The van der Waals surface area contributed by atoms with E-state index in [4.69, 9.17) is 0 Å². The lowest BCUT2D eigenvalue weighted by atomic mass is 10.2. The second kappa shape index (κ2) is 6.02. The molecule has 1 aliphatic rings. The molecule has 1 heterocycles. The average Bonchev–Trinajstić information content (AvgIpc) is 2.34. The molecule has 0 bridgehead atoms. The van der Waals surface area contributed by atoms with Crippen molar-refractivity contribution in [1.29, 1.82) is 0 Å². The average molecular weight is 335 g/mol. The summed E-state index contributed by atoms with van der Waals surface area (Å²) in [5.41, 5.74) is -0.138. The lowest BCUT2D eigenvalue weighted by Crippen LogP contribution is -2.20. The molecule has 0 amide bonds.